The summed E-state index contributed by atoms with van der Waals surface area (Å²) in [6, 6.07) is 22.2. The molecule has 0 atom stereocenters. The van der Waals surface area contributed by atoms with E-state index in [9.17, 15) is 9.18 Å². The van der Waals surface area contributed by atoms with E-state index in [1.54, 1.807) is 12.1 Å². The summed E-state index contributed by atoms with van der Waals surface area (Å²) < 4.78 is 15.6. The van der Waals surface area contributed by atoms with Crippen LogP contribution in [0.1, 0.15) is 28.4 Å². The fourth-order valence-corrected chi connectivity index (χ4v) is 5.47. The maximum absolute atomic E-state index is 13.7. The molecule has 1 aliphatic heterocycles. The van der Waals surface area contributed by atoms with Gasteiger partial charge in [-0.05, 0) is 49.4 Å². The van der Waals surface area contributed by atoms with Gasteiger partial charge in [-0.3, -0.25) is 9.36 Å². The van der Waals surface area contributed by atoms with Gasteiger partial charge in [0.1, 0.15) is 5.82 Å². The lowest BCUT2D eigenvalue weighted by Crippen LogP contribution is -2.48. The molecule has 2 heterocycles. The average Bonchev–Trinajstić information content (AvgIpc) is 3.36. The highest BCUT2D eigenvalue weighted by molar-refractivity contribution is 7.98. The van der Waals surface area contributed by atoms with Gasteiger partial charge in [-0.1, -0.05) is 66.7 Å². The number of hydrogen-bond acceptors (Lipinski definition) is 5. The highest BCUT2D eigenvalue weighted by Crippen LogP contribution is 2.31. The Hall–Kier alpha value is -3.49. The van der Waals surface area contributed by atoms with Crippen LogP contribution >= 0.6 is 11.8 Å². The molecule has 0 spiro atoms. The van der Waals surface area contributed by atoms with Gasteiger partial charge in [0.25, 0.3) is 5.91 Å². The van der Waals surface area contributed by atoms with Gasteiger partial charge in [0.05, 0.1) is 0 Å². The molecule has 0 saturated carbocycles. The van der Waals surface area contributed by atoms with Crippen LogP contribution in [0, 0.1) is 12.7 Å². The molecule has 0 bridgehead atoms. The van der Waals surface area contributed by atoms with Crippen molar-refractivity contribution in [1.29, 1.82) is 0 Å². The molecule has 1 aliphatic rings. The molecule has 1 aromatic heterocycles. The van der Waals surface area contributed by atoms with Crippen LogP contribution in [0.5, 0.6) is 0 Å². The minimum absolute atomic E-state index is 0.0762. The lowest BCUT2D eigenvalue weighted by molar-refractivity contribution is 0.0642. The summed E-state index contributed by atoms with van der Waals surface area (Å²) in [5.74, 6) is 1.03. The molecule has 1 saturated heterocycles. The largest absolute Gasteiger partial charge is 0.336 e. The quantitative estimate of drug-likeness (QED) is 0.306. The molecule has 4 aromatic rings. The normalized spacial score (nSPS) is 14.2. The van der Waals surface area contributed by atoms with E-state index in [-0.39, 0.29) is 11.7 Å². The molecule has 1 fully saturated rings. The van der Waals surface area contributed by atoms with Gasteiger partial charge in [0, 0.05) is 48.7 Å². The van der Waals surface area contributed by atoms with E-state index in [2.05, 4.69) is 22.0 Å². The maximum atomic E-state index is 13.7. The van der Waals surface area contributed by atoms with E-state index >= 15 is 0 Å². The van der Waals surface area contributed by atoms with Crippen LogP contribution in [-0.4, -0.2) is 63.2 Å². The summed E-state index contributed by atoms with van der Waals surface area (Å²) in [7, 11) is 0. The number of benzene rings is 3. The zero-order valence-corrected chi connectivity index (χ0v) is 21.9. The van der Waals surface area contributed by atoms with Crippen LogP contribution in [0.3, 0.4) is 0 Å². The fraction of sp³-hybridized carbons (Fsp3) is 0.276. The van der Waals surface area contributed by atoms with Crippen molar-refractivity contribution >= 4 is 17.7 Å². The predicted molar refractivity (Wildman–Crippen MR) is 146 cm³/mol. The number of carbonyl (C=O) groups excluding carboxylic acids is 1. The van der Waals surface area contributed by atoms with Gasteiger partial charge in [-0.15, -0.1) is 10.2 Å². The lowest BCUT2D eigenvalue weighted by Gasteiger charge is -2.34. The summed E-state index contributed by atoms with van der Waals surface area (Å²) in [5, 5.41) is 9.67. The molecule has 190 valence electrons. The second-order valence-electron chi connectivity index (χ2n) is 9.16. The lowest BCUT2D eigenvalue weighted by atomic mass is 10.1. The zero-order chi connectivity index (χ0) is 25.8. The van der Waals surface area contributed by atoms with Crippen LogP contribution in [0.25, 0.3) is 17.1 Å². The van der Waals surface area contributed by atoms with Crippen molar-refractivity contribution in [3.63, 3.8) is 0 Å². The third kappa shape index (κ3) is 5.60. The Kier molecular flexibility index (Phi) is 7.67. The first-order valence-corrected chi connectivity index (χ1v) is 13.5. The van der Waals surface area contributed by atoms with Gasteiger partial charge >= 0.3 is 0 Å². The third-order valence-corrected chi connectivity index (χ3v) is 7.72. The molecule has 5 rings (SSSR count). The van der Waals surface area contributed by atoms with E-state index in [1.165, 1.54) is 23.9 Å². The second-order valence-corrected chi connectivity index (χ2v) is 10.1. The van der Waals surface area contributed by atoms with Crippen LogP contribution in [0.2, 0.25) is 0 Å². The van der Waals surface area contributed by atoms with Crippen LogP contribution in [-0.2, 0) is 5.75 Å². The molecular weight excluding hydrogens is 485 g/mol. The summed E-state index contributed by atoms with van der Waals surface area (Å²) in [5.41, 5.74) is 4.55. The van der Waals surface area contributed by atoms with E-state index in [4.69, 9.17) is 0 Å². The number of aryl methyl sites for hydroxylation is 1. The van der Waals surface area contributed by atoms with E-state index in [1.807, 2.05) is 64.9 Å². The van der Waals surface area contributed by atoms with Crippen molar-refractivity contribution in [3.05, 3.63) is 95.3 Å². The Balaban J connectivity index is 1.42. The number of amides is 1. The zero-order valence-electron chi connectivity index (χ0n) is 21.1. The van der Waals surface area contributed by atoms with Gasteiger partial charge in [0.2, 0.25) is 0 Å². The Morgan fingerprint density at radius 3 is 2.32 bits per heavy atom. The first-order valence-electron chi connectivity index (χ1n) is 12.5. The fourth-order valence-electron chi connectivity index (χ4n) is 4.51. The van der Waals surface area contributed by atoms with Crippen molar-refractivity contribution in [2.45, 2.75) is 24.8 Å². The number of thioether (sulfide) groups is 1. The number of piperazine rings is 1. The van der Waals surface area contributed by atoms with Crippen molar-refractivity contribution < 1.29 is 9.18 Å². The van der Waals surface area contributed by atoms with Crippen molar-refractivity contribution in [3.8, 4) is 17.1 Å². The van der Waals surface area contributed by atoms with Crippen LogP contribution in [0.4, 0.5) is 4.39 Å². The van der Waals surface area contributed by atoms with Gasteiger partial charge < -0.3 is 9.80 Å². The van der Waals surface area contributed by atoms with Crippen LogP contribution in [0.15, 0.2) is 78.0 Å². The number of rotatable bonds is 7. The SMILES string of the molecule is CCN1CCN(C(=O)c2ccccc2CSc2nnc(-c3ccc(C)cc3)n2-c2ccc(F)cc2)CC1. The van der Waals surface area contributed by atoms with E-state index in [0.717, 1.165) is 60.7 Å². The molecule has 3 aromatic carbocycles. The minimum Gasteiger partial charge on any atom is -0.336 e. The molecule has 1 amide bonds. The Bertz CT molecular complexity index is 1360. The number of carbonyl (C=O) groups is 1. The van der Waals surface area contributed by atoms with Crippen molar-refractivity contribution in [2.24, 2.45) is 0 Å². The van der Waals surface area contributed by atoms with Crippen molar-refractivity contribution in [2.75, 3.05) is 32.7 Å². The number of hydrogen-bond donors (Lipinski definition) is 0. The first kappa shape index (κ1) is 25.2. The molecule has 0 radical (unpaired) electrons. The van der Waals surface area contributed by atoms with Crippen LogP contribution < -0.4 is 0 Å². The summed E-state index contributed by atoms with van der Waals surface area (Å²) in [6.45, 7) is 8.50. The molecule has 37 heavy (non-hydrogen) atoms. The molecule has 6 nitrogen and oxygen atoms in total. The topological polar surface area (TPSA) is 54.3 Å². The number of aromatic nitrogens is 3. The van der Waals surface area contributed by atoms with Crippen molar-refractivity contribution in [1.82, 2.24) is 24.6 Å². The second kappa shape index (κ2) is 11.3. The summed E-state index contributed by atoms with van der Waals surface area (Å²) >= 11 is 1.52. The summed E-state index contributed by atoms with van der Waals surface area (Å²) in [4.78, 5) is 17.7. The Morgan fingerprint density at radius 1 is 0.919 bits per heavy atom. The number of likely N-dealkylation sites (N-methyl/N-ethyl adjacent to an activating group) is 1. The molecule has 0 unspecified atom stereocenters. The average molecular weight is 516 g/mol. The number of nitrogens with zero attached hydrogens (tertiary/aromatic N) is 5. The molecular formula is C29H30FN5OS. The molecule has 8 heteroatoms. The Morgan fingerprint density at radius 2 is 1.62 bits per heavy atom. The van der Waals surface area contributed by atoms with Gasteiger partial charge in [-0.25, -0.2) is 4.39 Å². The Labute approximate surface area is 221 Å². The summed E-state index contributed by atoms with van der Waals surface area (Å²) in [6.07, 6.45) is 0. The molecule has 0 aliphatic carbocycles. The van der Waals surface area contributed by atoms with E-state index < -0.39 is 0 Å². The predicted octanol–water partition coefficient (Wildman–Crippen LogP) is 5.45. The highest BCUT2D eigenvalue weighted by Gasteiger charge is 2.24. The number of halogens is 1. The standard InChI is InChI=1S/C29H30FN5OS/c1-3-33-16-18-34(19-17-33)28(36)26-7-5-4-6-23(26)20-37-29-32-31-27(22-10-8-21(2)9-11-22)35(29)25-14-12-24(30)13-15-25/h4-15H,3,16-20H2,1-2H3. The third-order valence-electron chi connectivity index (χ3n) is 6.74. The first-order chi connectivity index (χ1) is 18.0. The van der Waals surface area contributed by atoms with Gasteiger partial charge in [-0.2, -0.15) is 0 Å². The highest BCUT2D eigenvalue weighted by atomic mass is 32.2. The van der Waals surface area contributed by atoms with Gasteiger partial charge in [0.15, 0.2) is 11.0 Å². The van der Waals surface area contributed by atoms with E-state index in [0.29, 0.717) is 16.7 Å². The maximum Gasteiger partial charge on any atom is 0.254 e. The minimum atomic E-state index is -0.296. The monoisotopic (exact) mass is 515 g/mol. The smallest absolute Gasteiger partial charge is 0.254 e. The molecule has 0 N–H and O–H groups in total.